The van der Waals surface area contributed by atoms with Gasteiger partial charge in [-0.05, 0) is 92.2 Å². The van der Waals surface area contributed by atoms with Gasteiger partial charge in [0.2, 0.25) is 0 Å². The average molecular weight is 450 g/mol. The van der Waals surface area contributed by atoms with Gasteiger partial charge >= 0.3 is 0 Å². The van der Waals surface area contributed by atoms with Crippen molar-refractivity contribution >= 4 is 11.5 Å². The van der Waals surface area contributed by atoms with Crippen LogP contribution in [0.2, 0.25) is 0 Å². The van der Waals surface area contributed by atoms with Crippen LogP contribution in [0.25, 0.3) is 0 Å². The lowest BCUT2D eigenvalue weighted by molar-refractivity contribution is -0.133. The van der Waals surface area contributed by atoms with E-state index < -0.39 is 5.60 Å². The van der Waals surface area contributed by atoms with Gasteiger partial charge in [-0.1, -0.05) is 24.6 Å². The van der Waals surface area contributed by atoms with Crippen LogP contribution < -0.4 is 4.90 Å². The maximum atomic E-state index is 12.2. The van der Waals surface area contributed by atoms with Gasteiger partial charge in [0.1, 0.15) is 0 Å². The van der Waals surface area contributed by atoms with Crippen molar-refractivity contribution in [3.63, 3.8) is 0 Å². The lowest BCUT2D eigenvalue weighted by Crippen LogP contribution is -2.53. The van der Waals surface area contributed by atoms with Gasteiger partial charge in [0.05, 0.1) is 12.2 Å². The molecular formula is C29H39NO3. The molecule has 5 atom stereocenters. The molecule has 2 fully saturated rings. The van der Waals surface area contributed by atoms with Crippen LogP contribution >= 0.6 is 0 Å². The SMILES string of the molecule is CCOC[C@@]1(O)CC[C@H]2[C@@H]3CCC4=CC(=O)CCC4=C3[C@@H](c3ccc(N(C)C)cc3)C[C@]21C. The summed E-state index contributed by atoms with van der Waals surface area (Å²) in [7, 11) is 4.15. The second-order valence-electron chi connectivity index (χ2n) is 11.2. The van der Waals surface area contributed by atoms with Crippen molar-refractivity contribution in [1.82, 2.24) is 0 Å². The molecule has 0 unspecified atom stereocenters. The molecule has 0 saturated heterocycles. The largest absolute Gasteiger partial charge is 0.387 e. The molecule has 1 aromatic rings. The summed E-state index contributed by atoms with van der Waals surface area (Å²) in [5, 5.41) is 11.9. The highest BCUT2D eigenvalue weighted by molar-refractivity contribution is 5.93. The zero-order valence-corrected chi connectivity index (χ0v) is 20.7. The minimum Gasteiger partial charge on any atom is -0.387 e. The molecule has 4 aliphatic rings. The molecule has 4 aliphatic carbocycles. The van der Waals surface area contributed by atoms with Crippen LogP contribution in [0.15, 0.2) is 47.1 Å². The standard InChI is InChI=1S/C29H39NO3/c1-5-33-18-29(32)15-14-26-24-12-8-20-16-22(31)11-13-23(20)27(24)25(17-28(26,29)2)19-6-9-21(10-7-19)30(3)4/h6-7,9-10,16,24-26,32H,5,8,11-15,17-18H2,1-4H3/t24-,25+,26-,28+,29-/m0/s1. The highest BCUT2D eigenvalue weighted by Crippen LogP contribution is 2.66. The average Bonchev–Trinajstić information content (AvgIpc) is 3.07. The summed E-state index contributed by atoms with van der Waals surface area (Å²) in [6, 6.07) is 9.01. The number of benzene rings is 1. The highest BCUT2D eigenvalue weighted by Gasteiger charge is 2.62. The van der Waals surface area contributed by atoms with Crippen molar-refractivity contribution < 1.29 is 14.6 Å². The molecule has 0 aliphatic heterocycles. The molecule has 0 bridgehead atoms. The second kappa shape index (κ2) is 8.39. The van der Waals surface area contributed by atoms with E-state index in [9.17, 15) is 9.90 Å². The number of carbonyl (C=O) groups is 1. The molecule has 1 N–H and O–H groups in total. The summed E-state index contributed by atoms with van der Waals surface area (Å²) < 4.78 is 5.84. The van der Waals surface area contributed by atoms with Crippen LogP contribution in [0.4, 0.5) is 5.69 Å². The van der Waals surface area contributed by atoms with E-state index in [1.54, 1.807) is 5.57 Å². The lowest BCUT2D eigenvalue weighted by Gasteiger charge is -2.54. The summed E-state index contributed by atoms with van der Waals surface area (Å²) >= 11 is 0. The molecule has 0 radical (unpaired) electrons. The fraction of sp³-hybridized carbons (Fsp3) is 0.621. The van der Waals surface area contributed by atoms with Crippen LogP contribution in [0, 0.1) is 17.3 Å². The molecule has 0 aromatic heterocycles. The predicted molar refractivity (Wildman–Crippen MR) is 132 cm³/mol. The van der Waals surface area contributed by atoms with E-state index in [-0.39, 0.29) is 17.1 Å². The number of anilines is 1. The zero-order valence-electron chi connectivity index (χ0n) is 20.7. The van der Waals surface area contributed by atoms with Crippen LogP contribution in [0.3, 0.4) is 0 Å². The number of allylic oxidation sites excluding steroid dienone is 4. The van der Waals surface area contributed by atoms with E-state index in [0.29, 0.717) is 31.5 Å². The Morgan fingerprint density at radius 1 is 1.12 bits per heavy atom. The number of aliphatic hydroxyl groups is 1. The van der Waals surface area contributed by atoms with Gasteiger partial charge in [-0.2, -0.15) is 0 Å². The molecule has 178 valence electrons. The molecule has 2 saturated carbocycles. The first-order valence-corrected chi connectivity index (χ1v) is 12.8. The highest BCUT2D eigenvalue weighted by atomic mass is 16.5. The van der Waals surface area contributed by atoms with Crippen LogP contribution in [0.5, 0.6) is 0 Å². The fourth-order valence-electron chi connectivity index (χ4n) is 7.57. The van der Waals surface area contributed by atoms with Crippen molar-refractivity contribution in [1.29, 1.82) is 0 Å². The molecule has 33 heavy (non-hydrogen) atoms. The van der Waals surface area contributed by atoms with Gasteiger partial charge in [0, 0.05) is 44.1 Å². The summed E-state index contributed by atoms with van der Waals surface area (Å²) in [6.45, 7) is 5.42. The van der Waals surface area contributed by atoms with Crippen LogP contribution in [0.1, 0.15) is 70.3 Å². The Labute approximate surface area is 198 Å². The fourth-order valence-corrected chi connectivity index (χ4v) is 7.57. The number of nitrogens with zero attached hydrogens (tertiary/aromatic N) is 1. The van der Waals surface area contributed by atoms with Gasteiger partial charge in [0.15, 0.2) is 5.78 Å². The first-order chi connectivity index (χ1) is 15.8. The third-order valence-corrected chi connectivity index (χ3v) is 9.41. The third-order valence-electron chi connectivity index (χ3n) is 9.41. The van der Waals surface area contributed by atoms with E-state index in [1.165, 1.54) is 22.4 Å². The maximum absolute atomic E-state index is 12.2. The quantitative estimate of drug-likeness (QED) is 0.652. The Balaban J connectivity index is 1.62. The number of fused-ring (bicyclic) bond motifs is 4. The van der Waals surface area contributed by atoms with Crippen LogP contribution in [-0.4, -0.2) is 43.8 Å². The topological polar surface area (TPSA) is 49.8 Å². The summed E-state index contributed by atoms with van der Waals surface area (Å²) in [4.78, 5) is 14.3. The van der Waals surface area contributed by atoms with Crippen molar-refractivity contribution in [2.75, 3.05) is 32.2 Å². The minimum atomic E-state index is -0.773. The van der Waals surface area contributed by atoms with E-state index in [4.69, 9.17) is 4.74 Å². The second-order valence-corrected chi connectivity index (χ2v) is 11.2. The van der Waals surface area contributed by atoms with Crippen molar-refractivity contribution in [3.05, 3.63) is 52.6 Å². The van der Waals surface area contributed by atoms with Gasteiger partial charge < -0.3 is 14.7 Å². The minimum absolute atomic E-state index is 0.173. The van der Waals surface area contributed by atoms with Gasteiger partial charge in [0.25, 0.3) is 0 Å². The van der Waals surface area contributed by atoms with Crippen molar-refractivity contribution in [2.45, 2.75) is 70.3 Å². The molecule has 0 amide bonds. The maximum Gasteiger partial charge on any atom is 0.156 e. The molecule has 5 rings (SSSR count). The smallest absolute Gasteiger partial charge is 0.156 e. The Hall–Kier alpha value is -1.91. The van der Waals surface area contributed by atoms with Crippen molar-refractivity contribution in [2.24, 2.45) is 17.3 Å². The van der Waals surface area contributed by atoms with E-state index in [2.05, 4.69) is 50.2 Å². The molecule has 0 heterocycles. The lowest BCUT2D eigenvalue weighted by atomic mass is 9.51. The molecular weight excluding hydrogens is 410 g/mol. The van der Waals surface area contributed by atoms with E-state index >= 15 is 0 Å². The molecule has 4 nitrogen and oxygen atoms in total. The predicted octanol–water partition coefficient (Wildman–Crippen LogP) is 5.42. The summed E-state index contributed by atoms with van der Waals surface area (Å²) in [5.41, 5.74) is 5.94. The van der Waals surface area contributed by atoms with Gasteiger partial charge in [-0.15, -0.1) is 0 Å². The Morgan fingerprint density at radius 3 is 2.58 bits per heavy atom. The van der Waals surface area contributed by atoms with Crippen LogP contribution in [-0.2, 0) is 9.53 Å². The van der Waals surface area contributed by atoms with E-state index in [1.807, 2.05) is 13.0 Å². The first-order valence-electron chi connectivity index (χ1n) is 12.8. The number of ether oxygens (including phenoxy) is 1. The number of carbonyl (C=O) groups excluding carboxylic acids is 1. The Kier molecular flexibility index (Phi) is 5.81. The third kappa shape index (κ3) is 3.61. The Morgan fingerprint density at radius 2 is 1.88 bits per heavy atom. The number of hydrogen-bond donors (Lipinski definition) is 1. The molecule has 0 spiro atoms. The zero-order chi connectivity index (χ0) is 23.4. The molecule has 4 heteroatoms. The van der Waals surface area contributed by atoms with Crippen molar-refractivity contribution in [3.8, 4) is 0 Å². The summed E-state index contributed by atoms with van der Waals surface area (Å²) in [5.74, 6) is 1.53. The molecule has 1 aromatic carbocycles. The monoisotopic (exact) mass is 449 g/mol. The first kappa shape index (κ1) is 22.9. The number of ketones is 1. The number of hydrogen-bond acceptors (Lipinski definition) is 4. The number of rotatable bonds is 5. The van der Waals surface area contributed by atoms with Gasteiger partial charge in [-0.3, -0.25) is 4.79 Å². The summed E-state index contributed by atoms with van der Waals surface area (Å²) in [6.07, 6.45) is 8.37. The van der Waals surface area contributed by atoms with E-state index in [0.717, 1.165) is 38.5 Å². The Bertz CT molecular complexity index is 991. The normalized spacial score (nSPS) is 35.6. The van der Waals surface area contributed by atoms with Gasteiger partial charge in [-0.25, -0.2) is 0 Å².